The van der Waals surface area contributed by atoms with E-state index in [2.05, 4.69) is 10.00 Å². The molecule has 3 heterocycles. The van der Waals surface area contributed by atoms with Crippen molar-refractivity contribution in [3.8, 4) is 0 Å². The van der Waals surface area contributed by atoms with Crippen molar-refractivity contribution in [3.05, 3.63) is 17.5 Å². The third kappa shape index (κ3) is 2.97. The van der Waals surface area contributed by atoms with Crippen molar-refractivity contribution in [3.63, 3.8) is 0 Å². The first-order valence-corrected chi connectivity index (χ1v) is 13.4. The maximum Gasteiger partial charge on any atom is 0.400 e. The van der Waals surface area contributed by atoms with Crippen molar-refractivity contribution < 1.29 is 21.6 Å². The fourth-order valence-corrected chi connectivity index (χ4v) is 9.32. The van der Waals surface area contributed by atoms with Crippen LogP contribution in [0.15, 0.2) is 6.07 Å². The van der Waals surface area contributed by atoms with E-state index >= 15 is 0 Å². The van der Waals surface area contributed by atoms with Gasteiger partial charge in [-0.1, -0.05) is 0 Å². The first kappa shape index (κ1) is 20.5. The van der Waals surface area contributed by atoms with E-state index in [1.54, 1.807) is 6.07 Å². The minimum absolute atomic E-state index is 0.00758. The van der Waals surface area contributed by atoms with Gasteiger partial charge in [-0.05, 0) is 70.4 Å². The van der Waals surface area contributed by atoms with Crippen LogP contribution in [0.25, 0.3) is 0 Å². The van der Waals surface area contributed by atoms with Crippen LogP contribution >= 0.6 is 0 Å². The monoisotopic (exact) mass is 457 g/mol. The van der Waals surface area contributed by atoms with Crippen molar-refractivity contribution in [1.82, 2.24) is 14.7 Å². The predicted octanol–water partition coefficient (Wildman–Crippen LogP) is 3.67. The molecule has 9 heteroatoms. The third-order valence-corrected chi connectivity index (χ3v) is 10.9. The first-order chi connectivity index (χ1) is 14.4. The van der Waals surface area contributed by atoms with Gasteiger partial charge in [-0.3, -0.25) is 9.58 Å². The van der Waals surface area contributed by atoms with Crippen LogP contribution in [0, 0.1) is 17.3 Å². The van der Waals surface area contributed by atoms with Crippen molar-refractivity contribution in [2.75, 3.05) is 24.6 Å². The van der Waals surface area contributed by atoms with Crippen LogP contribution in [-0.2, 0) is 15.3 Å². The largest absolute Gasteiger partial charge is 0.400 e. The Hall–Kier alpha value is -1.09. The molecule has 3 aliphatic carbocycles. The number of fused-ring (bicyclic) bond motifs is 1. The summed E-state index contributed by atoms with van der Waals surface area (Å²) in [6, 6.07) is 2.31. The highest BCUT2D eigenvalue weighted by Crippen LogP contribution is 2.66. The maximum atomic E-state index is 13.6. The van der Waals surface area contributed by atoms with Gasteiger partial charge < -0.3 is 0 Å². The van der Waals surface area contributed by atoms with E-state index in [4.69, 9.17) is 0 Å². The molecule has 1 aromatic rings. The zero-order valence-corrected chi connectivity index (χ0v) is 18.8. The summed E-state index contributed by atoms with van der Waals surface area (Å²) in [5.74, 6) is 2.06. The minimum Gasteiger partial charge on any atom is -0.300 e. The molecule has 5 nitrogen and oxygen atoms in total. The fourth-order valence-electron chi connectivity index (χ4n) is 7.07. The number of nitrogens with zero attached hydrogens (tertiary/aromatic N) is 3. The molecule has 5 fully saturated rings. The van der Waals surface area contributed by atoms with Gasteiger partial charge in [0.1, 0.15) is 5.41 Å². The normalized spacial score (nSPS) is 37.2. The molecule has 2 saturated heterocycles. The maximum absolute atomic E-state index is 13.6. The number of hydrogen-bond donors (Lipinski definition) is 0. The second-order valence-electron chi connectivity index (χ2n) is 11.3. The van der Waals surface area contributed by atoms with Gasteiger partial charge in [-0.15, -0.1) is 0 Å². The van der Waals surface area contributed by atoms with E-state index in [-0.39, 0.29) is 30.0 Å². The molecule has 4 atom stereocenters. The number of alkyl halides is 3. The third-order valence-electron chi connectivity index (χ3n) is 8.83. The lowest BCUT2D eigenvalue weighted by Crippen LogP contribution is -2.50. The second-order valence-corrected chi connectivity index (χ2v) is 13.4. The lowest BCUT2D eigenvalue weighted by atomic mass is 9.91. The van der Waals surface area contributed by atoms with Crippen LogP contribution in [-0.4, -0.2) is 59.9 Å². The van der Waals surface area contributed by atoms with Crippen molar-refractivity contribution in [2.45, 2.75) is 75.5 Å². The standard InChI is InChI=1S/C22H30F3N3O2S/c1-13(2)28-17(9-18(26-28)21(3-4-21)22(23,24)25)19-15-7-14(8-16(15)19)27-6-5-20(10-27)11-31(29,30)12-20/h9,13-16,19H,3-8,10-12H2,1-2H3/t14-,15+,16-,19-. The summed E-state index contributed by atoms with van der Waals surface area (Å²) in [5.41, 5.74) is -0.511. The Morgan fingerprint density at radius 2 is 1.77 bits per heavy atom. The Kier molecular flexibility index (Phi) is 4.02. The Morgan fingerprint density at radius 3 is 2.29 bits per heavy atom. The fraction of sp³-hybridized carbons (Fsp3) is 0.864. The van der Waals surface area contributed by atoms with Gasteiger partial charge in [0, 0.05) is 35.7 Å². The second kappa shape index (κ2) is 6.07. The van der Waals surface area contributed by atoms with E-state index in [0.717, 1.165) is 38.0 Å². The highest BCUT2D eigenvalue weighted by molar-refractivity contribution is 7.92. The molecule has 31 heavy (non-hydrogen) atoms. The molecule has 172 valence electrons. The molecule has 3 saturated carbocycles. The molecule has 1 spiro atoms. The zero-order chi connectivity index (χ0) is 22.0. The molecule has 0 bridgehead atoms. The SMILES string of the molecule is CC(C)n1nc(C2(C(F)(F)F)CC2)cc1[C@H]1[C@@H]2C[C@H](N3CCC4(C3)CS(=O)(=O)C4)C[C@@H]21. The van der Waals surface area contributed by atoms with Gasteiger partial charge in [-0.25, -0.2) is 8.42 Å². The van der Waals surface area contributed by atoms with E-state index in [0.29, 0.717) is 35.3 Å². The van der Waals surface area contributed by atoms with Crippen LogP contribution in [0.4, 0.5) is 13.2 Å². The van der Waals surface area contributed by atoms with Gasteiger partial charge in [0.25, 0.3) is 0 Å². The summed E-state index contributed by atoms with van der Waals surface area (Å²) in [7, 11) is -2.81. The number of likely N-dealkylation sites (tertiary alicyclic amines) is 1. The molecule has 0 amide bonds. The summed E-state index contributed by atoms with van der Waals surface area (Å²) in [5, 5.41) is 4.48. The predicted molar refractivity (Wildman–Crippen MR) is 110 cm³/mol. The van der Waals surface area contributed by atoms with Crippen LogP contribution in [0.5, 0.6) is 0 Å². The lowest BCUT2D eigenvalue weighted by molar-refractivity contribution is -0.161. The van der Waals surface area contributed by atoms with E-state index in [1.807, 2.05) is 18.5 Å². The van der Waals surface area contributed by atoms with Gasteiger partial charge in [0.15, 0.2) is 9.84 Å². The van der Waals surface area contributed by atoms with Gasteiger partial charge in [-0.2, -0.15) is 18.3 Å². The van der Waals surface area contributed by atoms with Crippen LogP contribution in [0.1, 0.15) is 69.3 Å². The molecular formula is C22H30F3N3O2S. The summed E-state index contributed by atoms with van der Waals surface area (Å²) in [6.07, 6.45) is -0.813. The summed E-state index contributed by atoms with van der Waals surface area (Å²) < 4.78 is 66.1. The molecule has 1 aromatic heterocycles. The highest BCUT2D eigenvalue weighted by Gasteiger charge is 2.67. The molecule has 6 rings (SSSR count). The van der Waals surface area contributed by atoms with Crippen LogP contribution in [0.3, 0.4) is 0 Å². The quantitative estimate of drug-likeness (QED) is 0.692. The number of sulfone groups is 1. The summed E-state index contributed by atoms with van der Waals surface area (Å²) in [6.45, 7) is 5.85. The number of rotatable bonds is 4. The number of halogens is 3. The minimum atomic E-state index is -4.23. The average Bonchev–Trinajstić information content (AvgIpc) is 3.37. The molecule has 2 aliphatic heterocycles. The Balaban J connectivity index is 1.16. The number of hydrogen-bond acceptors (Lipinski definition) is 4. The zero-order valence-electron chi connectivity index (χ0n) is 18.0. The molecule has 0 N–H and O–H groups in total. The number of aromatic nitrogens is 2. The molecule has 5 aliphatic rings. The summed E-state index contributed by atoms with van der Waals surface area (Å²) >= 11 is 0. The van der Waals surface area contributed by atoms with E-state index in [1.165, 1.54) is 0 Å². The van der Waals surface area contributed by atoms with Gasteiger partial charge in [0.2, 0.25) is 0 Å². The Labute approximate surface area is 181 Å². The topological polar surface area (TPSA) is 55.2 Å². The average molecular weight is 458 g/mol. The van der Waals surface area contributed by atoms with E-state index < -0.39 is 21.4 Å². The smallest absolute Gasteiger partial charge is 0.300 e. The van der Waals surface area contributed by atoms with E-state index in [9.17, 15) is 21.6 Å². The van der Waals surface area contributed by atoms with Crippen molar-refractivity contribution in [2.24, 2.45) is 17.3 Å². The van der Waals surface area contributed by atoms with Crippen molar-refractivity contribution >= 4 is 9.84 Å². The molecular weight excluding hydrogens is 427 g/mol. The highest BCUT2D eigenvalue weighted by atomic mass is 32.2. The van der Waals surface area contributed by atoms with Crippen molar-refractivity contribution in [1.29, 1.82) is 0 Å². The lowest BCUT2D eigenvalue weighted by Gasteiger charge is -2.38. The van der Waals surface area contributed by atoms with Crippen LogP contribution < -0.4 is 0 Å². The molecule has 0 unspecified atom stereocenters. The van der Waals surface area contributed by atoms with Gasteiger partial charge >= 0.3 is 6.18 Å². The Morgan fingerprint density at radius 1 is 1.13 bits per heavy atom. The molecule has 0 radical (unpaired) electrons. The summed E-state index contributed by atoms with van der Waals surface area (Å²) in [4.78, 5) is 2.49. The van der Waals surface area contributed by atoms with Crippen LogP contribution in [0.2, 0.25) is 0 Å². The molecule has 0 aromatic carbocycles. The Bertz CT molecular complexity index is 1000. The first-order valence-electron chi connectivity index (χ1n) is 11.5. The van der Waals surface area contributed by atoms with Gasteiger partial charge in [0.05, 0.1) is 17.2 Å².